The Morgan fingerprint density at radius 2 is 1.97 bits per heavy atom. The van der Waals surface area contributed by atoms with Crippen LogP contribution >= 0.6 is 23.2 Å². The van der Waals surface area contributed by atoms with Gasteiger partial charge in [0.1, 0.15) is 0 Å². The SMILES string of the molecule is O=C(NC1CCCCC1=O)c1cnc(OCC(F)(F)F)c(-c2ccc(Cl)c(Cl)c2)c1. The number of carbonyl (C=O) groups excluding carboxylic acids is 2. The van der Waals surface area contributed by atoms with E-state index in [1.165, 1.54) is 24.3 Å². The van der Waals surface area contributed by atoms with Gasteiger partial charge in [-0.1, -0.05) is 35.7 Å². The Morgan fingerprint density at radius 1 is 1.20 bits per heavy atom. The lowest BCUT2D eigenvalue weighted by Crippen LogP contribution is -2.42. The molecule has 0 aliphatic heterocycles. The number of Topliss-reactive ketones (excluding diaryl/α,β-unsaturated/α-hetero) is 1. The molecule has 30 heavy (non-hydrogen) atoms. The number of ether oxygens (including phenoxy) is 1. The fourth-order valence-corrected chi connectivity index (χ4v) is 3.39. The van der Waals surface area contributed by atoms with Crippen LogP contribution in [0.3, 0.4) is 0 Å². The number of benzene rings is 1. The Balaban J connectivity index is 1.92. The Kier molecular flexibility index (Phi) is 6.88. The van der Waals surface area contributed by atoms with Gasteiger partial charge >= 0.3 is 6.18 Å². The molecule has 0 saturated heterocycles. The highest BCUT2D eigenvalue weighted by Crippen LogP contribution is 2.34. The van der Waals surface area contributed by atoms with Crippen LogP contribution in [-0.4, -0.2) is 35.5 Å². The minimum absolute atomic E-state index is 0.0441. The van der Waals surface area contributed by atoms with E-state index in [0.717, 1.165) is 19.0 Å². The molecule has 1 N–H and O–H groups in total. The number of halogens is 5. The molecular weight excluding hydrogens is 444 g/mol. The molecule has 1 amide bonds. The Morgan fingerprint density at radius 3 is 2.63 bits per heavy atom. The second kappa shape index (κ2) is 9.22. The number of nitrogens with zero attached hydrogens (tertiary/aromatic N) is 1. The monoisotopic (exact) mass is 460 g/mol. The molecule has 160 valence electrons. The molecule has 1 heterocycles. The van der Waals surface area contributed by atoms with Crippen molar-refractivity contribution in [2.75, 3.05) is 6.61 Å². The molecule has 1 unspecified atom stereocenters. The van der Waals surface area contributed by atoms with Crippen molar-refractivity contribution in [1.82, 2.24) is 10.3 Å². The summed E-state index contributed by atoms with van der Waals surface area (Å²) in [5, 5.41) is 3.10. The quantitative estimate of drug-likeness (QED) is 0.662. The number of amides is 1. The topological polar surface area (TPSA) is 68.3 Å². The number of pyridine rings is 1. The summed E-state index contributed by atoms with van der Waals surface area (Å²) in [6.07, 6.45) is -0.886. The predicted molar refractivity (Wildman–Crippen MR) is 106 cm³/mol. The van der Waals surface area contributed by atoms with E-state index in [1.54, 1.807) is 0 Å². The van der Waals surface area contributed by atoms with Crippen LogP contribution in [0.5, 0.6) is 5.88 Å². The number of ketones is 1. The summed E-state index contributed by atoms with van der Waals surface area (Å²) < 4.78 is 42.7. The Labute approximate surface area is 180 Å². The van der Waals surface area contributed by atoms with Crippen molar-refractivity contribution in [1.29, 1.82) is 0 Å². The first-order valence-electron chi connectivity index (χ1n) is 9.12. The number of alkyl halides is 3. The minimum atomic E-state index is -4.56. The molecule has 1 atom stereocenters. The van der Waals surface area contributed by atoms with Gasteiger partial charge in [-0.2, -0.15) is 13.2 Å². The van der Waals surface area contributed by atoms with E-state index in [2.05, 4.69) is 10.3 Å². The fraction of sp³-hybridized carbons (Fsp3) is 0.350. The second-order valence-corrected chi connectivity index (χ2v) is 7.66. The maximum atomic E-state index is 12.6. The summed E-state index contributed by atoms with van der Waals surface area (Å²) in [7, 11) is 0. The molecule has 1 aliphatic rings. The van der Waals surface area contributed by atoms with Gasteiger partial charge in [0.25, 0.3) is 5.91 Å². The highest BCUT2D eigenvalue weighted by molar-refractivity contribution is 6.42. The first kappa shape index (κ1) is 22.4. The van der Waals surface area contributed by atoms with Crippen LogP contribution in [0, 0.1) is 0 Å². The zero-order valence-electron chi connectivity index (χ0n) is 15.6. The molecule has 1 aromatic carbocycles. The summed E-state index contributed by atoms with van der Waals surface area (Å²) in [6.45, 7) is -1.55. The molecule has 2 aromatic rings. The maximum absolute atomic E-state index is 12.6. The van der Waals surface area contributed by atoms with Gasteiger partial charge in [-0.3, -0.25) is 9.59 Å². The van der Waals surface area contributed by atoms with E-state index < -0.39 is 24.7 Å². The van der Waals surface area contributed by atoms with Crippen LogP contribution in [0.4, 0.5) is 13.2 Å². The van der Waals surface area contributed by atoms with E-state index in [-0.39, 0.29) is 32.8 Å². The minimum Gasteiger partial charge on any atom is -0.468 e. The molecule has 3 rings (SSSR count). The first-order chi connectivity index (χ1) is 14.1. The van der Waals surface area contributed by atoms with Gasteiger partial charge in [-0.25, -0.2) is 4.98 Å². The second-order valence-electron chi connectivity index (χ2n) is 6.85. The molecule has 1 aliphatic carbocycles. The molecule has 0 bridgehead atoms. The third kappa shape index (κ3) is 5.64. The summed E-state index contributed by atoms with van der Waals surface area (Å²) >= 11 is 11.9. The average Bonchev–Trinajstić information content (AvgIpc) is 2.69. The van der Waals surface area contributed by atoms with Gasteiger partial charge in [0, 0.05) is 18.2 Å². The number of nitrogens with one attached hydrogen (secondary N) is 1. The van der Waals surface area contributed by atoms with Crippen LogP contribution in [0.25, 0.3) is 11.1 Å². The van der Waals surface area contributed by atoms with Crippen LogP contribution in [0.1, 0.15) is 36.0 Å². The lowest BCUT2D eigenvalue weighted by atomic mass is 9.94. The zero-order chi connectivity index (χ0) is 21.9. The number of carbonyl (C=O) groups is 2. The van der Waals surface area contributed by atoms with Gasteiger partial charge in [0.2, 0.25) is 5.88 Å². The van der Waals surface area contributed by atoms with Crippen LogP contribution < -0.4 is 10.1 Å². The van der Waals surface area contributed by atoms with Crippen molar-refractivity contribution >= 4 is 34.9 Å². The van der Waals surface area contributed by atoms with Crippen LogP contribution in [-0.2, 0) is 4.79 Å². The van der Waals surface area contributed by atoms with Crippen LogP contribution in [0.15, 0.2) is 30.5 Å². The van der Waals surface area contributed by atoms with Gasteiger partial charge in [-0.05, 0) is 36.6 Å². The summed E-state index contributed by atoms with van der Waals surface area (Å²) in [4.78, 5) is 28.5. The highest BCUT2D eigenvalue weighted by Gasteiger charge is 2.30. The molecule has 1 saturated carbocycles. The number of hydrogen-bond donors (Lipinski definition) is 1. The smallest absolute Gasteiger partial charge is 0.422 e. The molecule has 10 heteroatoms. The largest absolute Gasteiger partial charge is 0.468 e. The molecule has 1 fully saturated rings. The predicted octanol–water partition coefficient (Wildman–Crippen LogP) is 5.24. The summed E-state index contributed by atoms with van der Waals surface area (Å²) in [5.74, 6) is -0.903. The van der Waals surface area contributed by atoms with Crippen molar-refractivity contribution in [3.05, 3.63) is 46.1 Å². The lowest BCUT2D eigenvalue weighted by molar-refractivity contribution is -0.154. The average molecular weight is 461 g/mol. The van der Waals surface area contributed by atoms with Crippen molar-refractivity contribution in [2.24, 2.45) is 0 Å². The number of hydrogen-bond acceptors (Lipinski definition) is 4. The normalized spacial score (nSPS) is 17.0. The van der Waals surface area contributed by atoms with Crippen molar-refractivity contribution in [3.63, 3.8) is 0 Å². The van der Waals surface area contributed by atoms with E-state index in [4.69, 9.17) is 27.9 Å². The van der Waals surface area contributed by atoms with Crippen molar-refractivity contribution in [3.8, 4) is 17.0 Å². The number of rotatable bonds is 5. The van der Waals surface area contributed by atoms with Gasteiger partial charge in [0.05, 0.1) is 21.7 Å². The Bertz CT molecular complexity index is 967. The summed E-state index contributed by atoms with van der Waals surface area (Å²) in [6, 6.07) is 5.20. The van der Waals surface area contributed by atoms with Crippen molar-refractivity contribution in [2.45, 2.75) is 37.9 Å². The van der Waals surface area contributed by atoms with Gasteiger partial charge in [0.15, 0.2) is 12.4 Å². The standard InChI is InChI=1S/C20H17Cl2F3N2O3/c21-14-6-5-11(8-15(14)22)13-7-12(9-26-19(13)30-10-20(23,24)25)18(29)27-16-3-1-2-4-17(16)28/h5-9,16H,1-4,10H2,(H,27,29). The van der Waals surface area contributed by atoms with E-state index in [1.807, 2.05) is 0 Å². The first-order valence-corrected chi connectivity index (χ1v) is 9.88. The van der Waals surface area contributed by atoms with Gasteiger partial charge in [-0.15, -0.1) is 0 Å². The number of aromatic nitrogens is 1. The maximum Gasteiger partial charge on any atom is 0.422 e. The zero-order valence-corrected chi connectivity index (χ0v) is 17.1. The van der Waals surface area contributed by atoms with Gasteiger partial charge < -0.3 is 10.1 Å². The molecule has 1 aromatic heterocycles. The third-order valence-corrected chi connectivity index (χ3v) is 5.32. The van der Waals surface area contributed by atoms with E-state index in [9.17, 15) is 22.8 Å². The Hall–Kier alpha value is -2.32. The molecule has 0 spiro atoms. The molecular formula is C20H17Cl2F3N2O3. The fourth-order valence-electron chi connectivity index (χ4n) is 3.09. The third-order valence-electron chi connectivity index (χ3n) is 4.58. The van der Waals surface area contributed by atoms with E-state index >= 15 is 0 Å². The van der Waals surface area contributed by atoms with Crippen LogP contribution in [0.2, 0.25) is 10.0 Å². The van der Waals surface area contributed by atoms with E-state index in [0.29, 0.717) is 18.4 Å². The summed E-state index contributed by atoms with van der Waals surface area (Å²) in [5.41, 5.74) is 0.590. The highest BCUT2D eigenvalue weighted by atomic mass is 35.5. The van der Waals surface area contributed by atoms with Crippen molar-refractivity contribution < 1.29 is 27.5 Å². The molecule has 5 nitrogen and oxygen atoms in total. The molecule has 0 radical (unpaired) electrons. The lowest BCUT2D eigenvalue weighted by Gasteiger charge is -2.21.